The largest absolute Gasteiger partial charge is 0.296 e. The standard InChI is InChI=1S/C12H15FO3S/c1-9-2-4-12(5-3-9)17(14,15)16-8-10-6-11(13)7-10/h2-5,10-11H,6-8H2,1H3. The van der Waals surface area contributed by atoms with E-state index in [1.165, 1.54) is 12.1 Å². The Balaban J connectivity index is 1.96. The molecule has 2 rings (SSSR count). The molecule has 1 fully saturated rings. The Bertz CT molecular complexity index is 475. The first-order valence-corrected chi connectivity index (χ1v) is 6.98. The summed E-state index contributed by atoms with van der Waals surface area (Å²) < 4.78 is 41.0. The molecule has 0 saturated heterocycles. The molecule has 0 atom stereocenters. The molecule has 0 unspecified atom stereocenters. The van der Waals surface area contributed by atoms with Crippen molar-refractivity contribution >= 4 is 10.1 Å². The van der Waals surface area contributed by atoms with Crippen LogP contribution in [0.1, 0.15) is 18.4 Å². The molecule has 5 heteroatoms. The number of hydrogen-bond acceptors (Lipinski definition) is 3. The number of benzene rings is 1. The van der Waals surface area contributed by atoms with E-state index < -0.39 is 16.3 Å². The minimum absolute atomic E-state index is 0.0326. The Morgan fingerprint density at radius 3 is 2.41 bits per heavy atom. The number of halogens is 1. The van der Waals surface area contributed by atoms with Gasteiger partial charge in [0.05, 0.1) is 11.5 Å². The molecule has 0 amide bonds. The van der Waals surface area contributed by atoms with E-state index in [0.717, 1.165) is 5.56 Å². The summed E-state index contributed by atoms with van der Waals surface area (Å²) in [7, 11) is -3.69. The lowest BCUT2D eigenvalue weighted by molar-refractivity contribution is 0.0884. The molecule has 1 saturated carbocycles. The molecule has 3 nitrogen and oxygen atoms in total. The predicted molar refractivity (Wildman–Crippen MR) is 61.9 cm³/mol. The molecular weight excluding hydrogens is 243 g/mol. The summed E-state index contributed by atoms with van der Waals surface area (Å²) in [5.74, 6) is 0.0326. The van der Waals surface area contributed by atoms with Crippen molar-refractivity contribution in [3.05, 3.63) is 29.8 Å². The van der Waals surface area contributed by atoms with Crippen LogP contribution >= 0.6 is 0 Å². The van der Waals surface area contributed by atoms with Crippen molar-refractivity contribution in [2.75, 3.05) is 6.61 Å². The quantitative estimate of drug-likeness (QED) is 0.779. The Hall–Kier alpha value is -0.940. The fraction of sp³-hybridized carbons (Fsp3) is 0.500. The average Bonchev–Trinajstić information content (AvgIpc) is 2.23. The van der Waals surface area contributed by atoms with Crippen LogP contribution in [-0.2, 0) is 14.3 Å². The second kappa shape index (κ2) is 4.74. The SMILES string of the molecule is Cc1ccc(S(=O)(=O)OCC2CC(F)C2)cc1. The second-order valence-corrected chi connectivity index (χ2v) is 6.10. The lowest BCUT2D eigenvalue weighted by Crippen LogP contribution is -2.29. The first kappa shape index (κ1) is 12.5. The number of rotatable bonds is 4. The summed E-state index contributed by atoms with van der Waals surface area (Å²) in [6, 6.07) is 6.47. The maximum atomic E-state index is 12.5. The molecule has 0 aromatic heterocycles. The van der Waals surface area contributed by atoms with Gasteiger partial charge in [-0.1, -0.05) is 17.7 Å². The van der Waals surface area contributed by atoms with Gasteiger partial charge in [-0.2, -0.15) is 8.42 Å². The maximum Gasteiger partial charge on any atom is 0.296 e. The Kier molecular flexibility index (Phi) is 3.49. The topological polar surface area (TPSA) is 43.4 Å². The van der Waals surface area contributed by atoms with Crippen molar-refractivity contribution in [1.82, 2.24) is 0 Å². The molecule has 0 spiro atoms. The van der Waals surface area contributed by atoms with Crippen molar-refractivity contribution in [3.8, 4) is 0 Å². The predicted octanol–water partition coefficient (Wildman–Crippen LogP) is 2.45. The van der Waals surface area contributed by atoms with Crippen LogP contribution in [0, 0.1) is 12.8 Å². The maximum absolute atomic E-state index is 12.5. The van der Waals surface area contributed by atoms with Gasteiger partial charge in [0.25, 0.3) is 10.1 Å². The zero-order chi connectivity index (χ0) is 12.5. The lowest BCUT2D eigenvalue weighted by atomic mass is 9.84. The van der Waals surface area contributed by atoms with Crippen LogP contribution in [0.25, 0.3) is 0 Å². The van der Waals surface area contributed by atoms with Gasteiger partial charge in [-0.05, 0) is 37.8 Å². The summed E-state index contributed by atoms with van der Waals surface area (Å²) in [4.78, 5) is 0.152. The molecule has 1 aromatic rings. The highest BCUT2D eigenvalue weighted by molar-refractivity contribution is 7.86. The fourth-order valence-corrected chi connectivity index (χ4v) is 2.73. The van der Waals surface area contributed by atoms with Gasteiger partial charge in [0.1, 0.15) is 6.17 Å². The van der Waals surface area contributed by atoms with E-state index in [-0.39, 0.29) is 17.4 Å². The van der Waals surface area contributed by atoms with Crippen LogP contribution in [0.3, 0.4) is 0 Å². The number of aryl methyl sites for hydroxylation is 1. The smallest absolute Gasteiger partial charge is 0.266 e. The van der Waals surface area contributed by atoms with Gasteiger partial charge in [-0.25, -0.2) is 4.39 Å². The third-order valence-corrected chi connectivity index (χ3v) is 4.24. The molecule has 0 aliphatic heterocycles. The van der Waals surface area contributed by atoms with Crippen molar-refractivity contribution in [3.63, 3.8) is 0 Å². The fourth-order valence-electron chi connectivity index (χ4n) is 1.75. The van der Waals surface area contributed by atoms with Gasteiger partial charge in [-0.15, -0.1) is 0 Å². The second-order valence-electron chi connectivity index (χ2n) is 4.49. The molecular formula is C12H15FO3S. The van der Waals surface area contributed by atoms with Crippen LogP contribution in [0.4, 0.5) is 4.39 Å². The van der Waals surface area contributed by atoms with E-state index in [2.05, 4.69) is 0 Å². The highest BCUT2D eigenvalue weighted by Gasteiger charge is 2.30. The van der Waals surface area contributed by atoms with Crippen molar-refractivity contribution in [2.24, 2.45) is 5.92 Å². The van der Waals surface area contributed by atoms with Gasteiger partial charge in [-0.3, -0.25) is 4.18 Å². The third kappa shape index (κ3) is 3.04. The summed E-state index contributed by atoms with van der Waals surface area (Å²) in [6.45, 7) is 1.96. The van der Waals surface area contributed by atoms with Crippen LogP contribution in [0.5, 0.6) is 0 Å². The summed E-state index contributed by atoms with van der Waals surface area (Å²) in [5.41, 5.74) is 0.989. The average molecular weight is 258 g/mol. The zero-order valence-corrected chi connectivity index (χ0v) is 10.4. The van der Waals surface area contributed by atoms with Crippen LogP contribution < -0.4 is 0 Å². The minimum Gasteiger partial charge on any atom is -0.266 e. The molecule has 0 heterocycles. The number of hydrogen-bond donors (Lipinski definition) is 0. The van der Waals surface area contributed by atoms with Gasteiger partial charge in [0.15, 0.2) is 0 Å². The van der Waals surface area contributed by atoms with Gasteiger partial charge in [0.2, 0.25) is 0 Å². The van der Waals surface area contributed by atoms with E-state index in [4.69, 9.17) is 4.18 Å². The molecule has 94 valence electrons. The summed E-state index contributed by atoms with van der Waals surface area (Å²) >= 11 is 0. The molecule has 1 aliphatic rings. The molecule has 0 N–H and O–H groups in total. The minimum atomic E-state index is -3.69. The van der Waals surface area contributed by atoms with Crippen LogP contribution in [0.15, 0.2) is 29.2 Å². The van der Waals surface area contributed by atoms with E-state index in [1.807, 2.05) is 6.92 Å². The monoisotopic (exact) mass is 258 g/mol. The van der Waals surface area contributed by atoms with E-state index >= 15 is 0 Å². The zero-order valence-electron chi connectivity index (χ0n) is 9.60. The normalized spacial score (nSPS) is 24.4. The molecule has 0 radical (unpaired) electrons. The lowest BCUT2D eigenvalue weighted by Gasteiger charge is -2.28. The van der Waals surface area contributed by atoms with Gasteiger partial charge in [0, 0.05) is 0 Å². The molecule has 1 aliphatic carbocycles. The van der Waals surface area contributed by atoms with Crippen molar-refractivity contribution in [1.29, 1.82) is 0 Å². The highest BCUT2D eigenvalue weighted by atomic mass is 32.2. The Labute approximate surface area is 101 Å². The van der Waals surface area contributed by atoms with Gasteiger partial charge < -0.3 is 0 Å². The van der Waals surface area contributed by atoms with Crippen molar-refractivity contribution in [2.45, 2.75) is 30.8 Å². The number of alkyl halides is 1. The highest BCUT2D eigenvalue weighted by Crippen LogP contribution is 2.30. The van der Waals surface area contributed by atoms with E-state index in [9.17, 15) is 12.8 Å². The molecule has 1 aromatic carbocycles. The summed E-state index contributed by atoms with van der Waals surface area (Å²) in [5, 5.41) is 0. The Morgan fingerprint density at radius 2 is 1.88 bits per heavy atom. The van der Waals surface area contributed by atoms with Crippen LogP contribution in [-0.4, -0.2) is 21.2 Å². The van der Waals surface area contributed by atoms with Gasteiger partial charge >= 0.3 is 0 Å². The molecule has 17 heavy (non-hydrogen) atoms. The van der Waals surface area contributed by atoms with E-state index in [0.29, 0.717) is 12.8 Å². The summed E-state index contributed by atoms with van der Waals surface area (Å²) in [6.07, 6.45) is 0.0259. The van der Waals surface area contributed by atoms with Crippen molar-refractivity contribution < 1.29 is 17.0 Å². The Morgan fingerprint density at radius 1 is 1.29 bits per heavy atom. The first-order chi connectivity index (χ1) is 7.97. The first-order valence-electron chi connectivity index (χ1n) is 5.57. The third-order valence-electron chi connectivity index (χ3n) is 2.95. The van der Waals surface area contributed by atoms with Crippen LogP contribution in [0.2, 0.25) is 0 Å². The van der Waals surface area contributed by atoms with E-state index in [1.54, 1.807) is 12.1 Å². The molecule has 0 bridgehead atoms.